The summed E-state index contributed by atoms with van der Waals surface area (Å²) in [5.41, 5.74) is 5.69. The molecule has 0 radical (unpaired) electrons. The Morgan fingerprint density at radius 1 is 1.22 bits per heavy atom. The van der Waals surface area contributed by atoms with Gasteiger partial charge in [-0.3, -0.25) is 15.0 Å². The number of rotatable bonds is 4. The van der Waals surface area contributed by atoms with Gasteiger partial charge in [0.05, 0.1) is 18.1 Å². The van der Waals surface area contributed by atoms with Crippen molar-refractivity contribution in [3.05, 3.63) is 51.1 Å². The van der Waals surface area contributed by atoms with Crippen molar-refractivity contribution in [2.24, 2.45) is 0 Å². The minimum Gasteiger partial charge on any atom is -0.493 e. The molecular formula is C21H22N2O4. The molecule has 2 aromatic rings. The monoisotopic (exact) mass is 366 g/mol. The summed E-state index contributed by atoms with van der Waals surface area (Å²) in [5.74, 6) is 1.49. The van der Waals surface area contributed by atoms with E-state index < -0.39 is 0 Å². The normalized spacial score (nSPS) is 20.6. The van der Waals surface area contributed by atoms with Crippen LogP contribution in [-0.2, 0) is 12.8 Å². The van der Waals surface area contributed by atoms with Gasteiger partial charge in [0.15, 0.2) is 11.5 Å². The van der Waals surface area contributed by atoms with Crippen molar-refractivity contribution in [3.8, 4) is 22.6 Å². The number of likely N-dealkylation sites (N-methyl/N-ethyl adjacent to an activating group) is 1. The number of nitro benzene ring substituents is 1. The SMILES string of the molecule is COc1cc2c3c(c1OC1CC1)-c1cc([N+](=O)[O-])ccc1CC3N(C)CC2. The van der Waals surface area contributed by atoms with Crippen molar-refractivity contribution in [1.29, 1.82) is 0 Å². The predicted octanol–water partition coefficient (Wildman–Crippen LogP) is 3.90. The largest absolute Gasteiger partial charge is 0.493 e. The lowest BCUT2D eigenvalue weighted by Crippen LogP contribution is -2.35. The van der Waals surface area contributed by atoms with Gasteiger partial charge >= 0.3 is 0 Å². The van der Waals surface area contributed by atoms with Crippen LogP contribution in [0.15, 0.2) is 24.3 Å². The topological polar surface area (TPSA) is 64.8 Å². The summed E-state index contributed by atoms with van der Waals surface area (Å²) < 4.78 is 12.0. The molecule has 1 heterocycles. The first kappa shape index (κ1) is 16.6. The number of ether oxygens (including phenoxy) is 2. The second kappa shape index (κ2) is 5.96. The summed E-state index contributed by atoms with van der Waals surface area (Å²) in [6.45, 7) is 0.991. The van der Waals surface area contributed by atoms with Crippen molar-refractivity contribution in [2.45, 2.75) is 37.8 Å². The standard InChI is InChI=1S/C21H22N2O4/c1-22-8-7-13-10-18(26-2)21(27-15-5-6-15)20-16-11-14(23(24)25)4-3-12(16)9-17(22)19(13)20/h3-4,10-11,15,17H,5-9H2,1-2H3. The molecule has 27 heavy (non-hydrogen) atoms. The highest BCUT2D eigenvalue weighted by molar-refractivity contribution is 5.84. The number of benzene rings is 2. The molecular weight excluding hydrogens is 344 g/mol. The summed E-state index contributed by atoms with van der Waals surface area (Å²) in [4.78, 5) is 13.4. The minimum atomic E-state index is -0.327. The summed E-state index contributed by atoms with van der Waals surface area (Å²) in [7, 11) is 3.82. The number of non-ortho nitro benzene ring substituents is 1. The van der Waals surface area contributed by atoms with E-state index in [1.54, 1.807) is 19.2 Å². The Bertz CT molecular complexity index is 952. The fourth-order valence-corrected chi connectivity index (χ4v) is 4.41. The summed E-state index contributed by atoms with van der Waals surface area (Å²) in [5, 5.41) is 11.4. The van der Waals surface area contributed by atoms with Gasteiger partial charge in [0.1, 0.15) is 0 Å². The van der Waals surface area contributed by atoms with Crippen LogP contribution >= 0.6 is 0 Å². The lowest BCUT2D eigenvalue weighted by atomic mass is 9.76. The number of methoxy groups -OCH3 is 1. The molecule has 1 aliphatic heterocycles. The fraction of sp³-hybridized carbons (Fsp3) is 0.429. The van der Waals surface area contributed by atoms with E-state index in [0.29, 0.717) is 0 Å². The van der Waals surface area contributed by atoms with Crippen LogP contribution in [0.3, 0.4) is 0 Å². The maximum Gasteiger partial charge on any atom is 0.270 e. The predicted molar refractivity (Wildman–Crippen MR) is 102 cm³/mol. The molecule has 0 saturated heterocycles. The average Bonchev–Trinajstić information content (AvgIpc) is 3.49. The van der Waals surface area contributed by atoms with Gasteiger partial charge in [-0.25, -0.2) is 0 Å². The van der Waals surface area contributed by atoms with Crippen LogP contribution in [0, 0.1) is 10.1 Å². The van der Waals surface area contributed by atoms with E-state index in [9.17, 15) is 10.1 Å². The number of fused-ring (bicyclic) bond motifs is 2. The van der Waals surface area contributed by atoms with Gasteiger partial charge in [-0.15, -0.1) is 0 Å². The number of nitro groups is 1. The summed E-state index contributed by atoms with van der Waals surface area (Å²) in [6, 6.07) is 7.59. The molecule has 1 fully saturated rings. The Labute approximate surface area is 157 Å². The molecule has 6 heteroatoms. The second-order valence-electron chi connectivity index (χ2n) is 7.72. The van der Waals surface area contributed by atoms with E-state index in [1.807, 2.05) is 6.07 Å². The zero-order valence-corrected chi connectivity index (χ0v) is 15.5. The van der Waals surface area contributed by atoms with Crippen LogP contribution in [0.1, 0.15) is 35.6 Å². The molecule has 6 nitrogen and oxygen atoms in total. The van der Waals surface area contributed by atoms with Crippen LogP contribution in [0.5, 0.6) is 11.5 Å². The minimum absolute atomic E-state index is 0.116. The van der Waals surface area contributed by atoms with Crippen molar-refractivity contribution in [2.75, 3.05) is 20.7 Å². The first-order valence-electron chi connectivity index (χ1n) is 9.45. The maximum atomic E-state index is 11.4. The Kier molecular flexibility index (Phi) is 3.65. The summed E-state index contributed by atoms with van der Waals surface area (Å²) >= 11 is 0. The molecule has 1 atom stereocenters. The molecule has 5 rings (SSSR count). The maximum absolute atomic E-state index is 11.4. The molecule has 2 aromatic carbocycles. The van der Waals surface area contributed by atoms with E-state index in [2.05, 4.69) is 18.0 Å². The summed E-state index contributed by atoms with van der Waals surface area (Å²) in [6.07, 6.45) is 4.12. The lowest BCUT2D eigenvalue weighted by molar-refractivity contribution is -0.384. The third kappa shape index (κ3) is 2.58. The van der Waals surface area contributed by atoms with Crippen LogP contribution < -0.4 is 9.47 Å². The molecule has 3 aliphatic rings. The lowest BCUT2D eigenvalue weighted by Gasteiger charge is -2.40. The van der Waals surface area contributed by atoms with E-state index in [1.165, 1.54) is 11.1 Å². The third-order valence-electron chi connectivity index (χ3n) is 5.99. The van der Waals surface area contributed by atoms with Gasteiger partial charge < -0.3 is 9.47 Å². The molecule has 0 spiro atoms. The Morgan fingerprint density at radius 3 is 2.74 bits per heavy atom. The highest BCUT2D eigenvalue weighted by Crippen LogP contribution is 2.53. The van der Waals surface area contributed by atoms with E-state index in [0.717, 1.165) is 60.4 Å². The van der Waals surface area contributed by atoms with Gasteiger partial charge in [-0.2, -0.15) is 0 Å². The van der Waals surface area contributed by atoms with Gasteiger partial charge in [-0.05, 0) is 61.1 Å². The first-order valence-corrected chi connectivity index (χ1v) is 9.45. The van der Waals surface area contributed by atoms with Crippen molar-refractivity contribution >= 4 is 5.69 Å². The van der Waals surface area contributed by atoms with E-state index >= 15 is 0 Å². The molecule has 2 aliphatic carbocycles. The Balaban J connectivity index is 1.81. The van der Waals surface area contributed by atoms with Crippen LogP contribution in [0.25, 0.3) is 11.1 Å². The van der Waals surface area contributed by atoms with E-state index in [4.69, 9.17) is 9.47 Å². The highest BCUT2D eigenvalue weighted by atomic mass is 16.6. The second-order valence-corrected chi connectivity index (χ2v) is 7.72. The fourth-order valence-electron chi connectivity index (χ4n) is 4.41. The third-order valence-corrected chi connectivity index (χ3v) is 5.99. The Hall–Kier alpha value is -2.60. The molecule has 0 N–H and O–H groups in total. The molecule has 140 valence electrons. The van der Waals surface area contributed by atoms with Gasteiger partial charge in [0.2, 0.25) is 0 Å². The first-order chi connectivity index (χ1) is 13.1. The average molecular weight is 366 g/mol. The quantitative estimate of drug-likeness (QED) is 0.607. The Morgan fingerprint density at radius 2 is 2.04 bits per heavy atom. The number of nitrogens with zero attached hydrogens (tertiary/aromatic N) is 2. The van der Waals surface area contributed by atoms with Gasteiger partial charge in [-0.1, -0.05) is 6.07 Å². The van der Waals surface area contributed by atoms with Crippen molar-refractivity contribution < 1.29 is 14.4 Å². The van der Waals surface area contributed by atoms with Crippen LogP contribution in [0.4, 0.5) is 5.69 Å². The van der Waals surface area contributed by atoms with Crippen molar-refractivity contribution in [3.63, 3.8) is 0 Å². The van der Waals surface area contributed by atoms with E-state index in [-0.39, 0.29) is 22.8 Å². The molecule has 0 bridgehead atoms. The number of hydrogen-bond donors (Lipinski definition) is 0. The molecule has 1 unspecified atom stereocenters. The molecule has 1 saturated carbocycles. The van der Waals surface area contributed by atoms with Crippen LogP contribution in [0.2, 0.25) is 0 Å². The molecule has 0 amide bonds. The van der Waals surface area contributed by atoms with Gasteiger partial charge in [0, 0.05) is 30.3 Å². The highest BCUT2D eigenvalue weighted by Gasteiger charge is 2.38. The number of hydrogen-bond acceptors (Lipinski definition) is 5. The van der Waals surface area contributed by atoms with Crippen LogP contribution in [-0.4, -0.2) is 36.6 Å². The zero-order chi connectivity index (χ0) is 18.7. The molecule has 0 aromatic heterocycles. The zero-order valence-electron chi connectivity index (χ0n) is 15.5. The van der Waals surface area contributed by atoms with Gasteiger partial charge in [0.25, 0.3) is 5.69 Å². The van der Waals surface area contributed by atoms with Crippen molar-refractivity contribution in [1.82, 2.24) is 4.90 Å². The smallest absolute Gasteiger partial charge is 0.270 e.